The molecule has 0 fully saturated rings. The van der Waals surface area contributed by atoms with Crippen molar-refractivity contribution >= 4 is 15.9 Å². The first kappa shape index (κ1) is 10.6. The Bertz CT molecular complexity index is 298. The summed E-state index contributed by atoms with van der Waals surface area (Å²) in [6.07, 6.45) is 1.35. The van der Waals surface area contributed by atoms with E-state index in [4.69, 9.17) is 5.73 Å². The van der Waals surface area contributed by atoms with Crippen molar-refractivity contribution in [2.45, 2.75) is 19.4 Å². The first-order valence-electron chi connectivity index (χ1n) is 3.82. The third kappa shape index (κ3) is 1.88. The van der Waals surface area contributed by atoms with Gasteiger partial charge in [0.1, 0.15) is 5.69 Å². The summed E-state index contributed by atoms with van der Waals surface area (Å²) in [6, 6.07) is 0. The molecule has 0 spiro atoms. The van der Waals surface area contributed by atoms with Crippen LogP contribution in [-0.4, -0.2) is 16.3 Å². The average Bonchev–Trinajstić information content (AvgIpc) is 2.47. The van der Waals surface area contributed by atoms with E-state index < -0.39 is 12.5 Å². The van der Waals surface area contributed by atoms with Crippen molar-refractivity contribution in [2.24, 2.45) is 5.73 Å². The van der Waals surface area contributed by atoms with Gasteiger partial charge in [0, 0.05) is 6.54 Å². The van der Waals surface area contributed by atoms with Gasteiger partial charge >= 0.3 is 5.92 Å². The summed E-state index contributed by atoms with van der Waals surface area (Å²) >= 11 is 3.02. The molecule has 13 heavy (non-hydrogen) atoms. The SMILES string of the molecule is CCn1ncc(Br)c1C(F)(F)CN. The third-order valence-electron chi connectivity index (χ3n) is 1.70. The molecule has 0 saturated carbocycles. The lowest BCUT2D eigenvalue weighted by atomic mass is 10.2. The number of aromatic nitrogens is 2. The molecule has 0 aliphatic heterocycles. The van der Waals surface area contributed by atoms with Gasteiger partial charge in [0.05, 0.1) is 17.2 Å². The standard InChI is InChI=1S/C7H10BrF2N3/c1-2-13-6(5(8)3-12-13)7(9,10)4-11/h3H,2,4,11H2,1H3. The highest BCUT2D eigenvalue weighted by molar-refractivity contribution is 9.10. The molecular formula is C7H10BrF2N3. The molecule has 0 aliphatic rings. The molecule has 1 aromatic heterocycles. The summed E-state index contributed by atoms with van der Waals surface area (Å²) in [5.74, 6) is -3.02. The summed E-state index contributed by atoms with van der Waals surface area (Å²) in [4.78, 5) is 0. The van der Waals surface area contributed by atoms with Crippen molar-refractivity contribution in [1.82, 2.24) is 9.78 Å². The van der Waals surface area contributed by atoms with Crippen molar-refractivity contribution in [1.29, 1.82) is 0 Å². The van der Waals surface area contributed by atoms with E-state index in [-0.39, 0.29) is 5.69 Å². The van der Waals surface area contributed by atoms with Crippen LogP contribution in [0.15, 0.2) is 10.7 Å². The quantitative estimate of drug-likeness (QED) is 0.892. The lowest BCUT2D eigenvalue weighted by Crippen LogP contribution is -2.28. The summed E-state index contributed by atoms with van der Waals surface area (Å²) in [5.41, 5.74) is 4.82. The second kappa shape index (κ2) is 3.71. The number of rotatable bonds is 3. The Morgan fingerprint density at radius 2 is 2.31 bits per heavy atom. The zero-order chi connectivity index (χ0) is 10.1. The smallest absolute Gasteiger partial charge is 0.302 e. The van der Waals surface area contributed by atoms with Crippen LogP contribution in [0.25, 0.3) is 0 Å². The van der Waals surface area contributed by atoms with Gasteiger partial charge in [-0.15, -0.1) is 0 Å². The number of aryl methyl sites for hydroxylation is 1. The Morgan fingerprint density at radius 3 is 2.77 bits per heavy atom. The van der Waals surface area contributed by atoms with Crippen molar-refractivity contribution in [3.05, 3.63) is 16.4 Å². The first-order chi connectivity index (χ1) is 6.03. The topological polar surface area (TPSA) is 43.8 Å². The van der Waals surface area contributed by atoms with Crippen molar-refractivity contribution in [2.75, 3.05) is 6.54 Å². The van der Waals surface area contributed by atoms with Crippen LogP contribution in [0.3, 0.4) is 0 Å². The Balaban J connectivity index is 3.18. The average molecular weight is 254 g/mol. The van der Waals surface area contributed by atoms with E-state index in [1.165, 1.54) is 10.9 Å². The Kier molecular flexibility index (Phi) is 3.02. The highest BCUT2D eigenvalue weighted by Crippen LogP contribution is 2.32. The van der Waals surface area contributed by atoms with Crippen molar-refractivity contribution in [3.8, 4) is 0 Å². The van der Waals surface area contributed by atoms with Crippen LogP contribution in [0.2, 0.25) is 0 Å². The number of alkyl halides is 2. The molecule has 74 valence electrons. The van der Waals surface area contributed by atoms with Crippen molar-refractivity contribution in [3.63, 3.8) is 0 Å². The van der Waals surface area contributed by atoms with Gasteiger partial charge < -0.3 is 5.73 Å². The maximum Gasteiger partial charge on any atom is 0.302 e. The van der Waals surface area contributed by atoms with E-state index in [1.54, 1.807) is 6.92 Å². The molecule has 2 N–H and O–H groups in total. The molecule has 0 aromatic carbocycles. The highest BCUT2D eigenvalue weighted by Gasteiger charge is 2.35. The maximum absolute atomic E-state index is 13.2. The van der Waals surface area contributed by atoms with E-state index in [1.807, 2.05) is 0 Å². The second-order valence-corrected chi connectivity index (χ2v) is 3.42. The van der Waals surface area contributed by atoms with Crippen LogP contribution >= 0.6 is 15.9 Å². The van der Waals surface area contributed by atoms with Crippen LogP contribution in [0.5, 0.6) is 0 Å². The predicted molar refractivity (Wildman–Crippen MR) is 48.5 cm³/mol. The van der Waals surface area contributed by atoms with Crippen LogP contribution in [0.1, 0.15) is 12.6 Å². The molecule has 1 aromatic rings. The molecule has 0 atom stereocenters. The fourth-order valence-electron chi connectivity index (χ4n) is 1.06. The zero-order valence-corrected chi connectivity index (χ0v) is 8.68. The fraction of sp³-hybridized carbons (Fsp3) is 0.571. The largest absolute Gasteiger partial charge is 0.325 e. The molecule has 1 heterocycles. The van der Waals surface area contributed by atoms with Gasteiger partial charge in [-0.05, 0) is 22.9 Å². The van der Waals surface area contributed by atoms with Crippen LogP contribution < -0.4 is 5.73 Å². The summed E-state index contributed by atoms with van der Waals surface area (Å²) in [6.45, 7) is 1.43. The van der Waals surface area contributed by atoms with Gasteiger partial charge in [-0.25, -0.2) is 0 Å². The number of nitrogens with zero attached hydrogens (tertiary/aromatic N) is 2. The minimum atomic E-state index is -3.02. The summed E-state index contributed by atoms with van der Waals surface area (Å²) in [5, 5.41) is 3.78. The van der Waals surface area contributed by atoms with Crippen LogP contribution in [0, 0.1) is 0 Å². The Hall–Kier alpha value is -0.490. The predicted octanol–water partition coefficient (Wildman–Crippen LogP) is 1.72. The minimum Gasteiger partial charge on any atom is -0.325 e. The number of halogens is 3. The third-order valence-corrected chi connectivity index (χ3v) is 2.28. The monoisotopic (exact) mass is 253 g/mol. The van der Waals surface area contributed by atoms with E-state index >= 15 is 0 Å². The van der Waals surface area contributed by atoms with Gasteiger partial charge in [0.15, 0.2) is 0 Å². The molecule has 6 heteroatoms. The second-order valence-electron chi connectivity index (χ2n) is 2.57. The lowest BCUT2D eigenvalue weighted by Gasteiger charge is -2.15. The maximum atomic E-state index is 13.2. The summed E-state index contributed by atoms with van der Waals surface area (Å²) in [7, 11) is 0. The first-order valence-corrected chi connectivity index (χ1v) is 4.62. The molecule has 3 nitrogen and oxygen atoms in total. The van der Waals surface area contributed by atoms with Crippen LogP contribution in [-0.2, 0) is 12.5 Å². The van der Waals surface area contributed by atoms with E-state index in [0.29, 0.717) is 11.0 Å². The molecule has 0 radical (unpaired) electrons. The molecular weight excluding hydrogens is 244 g/mol. The Morgan fingerprint density at radius 1 is 1.69 bits per heavy atom. The van der Waals surface area contributed by atoms with Gasteiger partial charge in [-0.1, -0.05) is 0 Å². The summed E-state index contributed by atoms with van der Waals surface area (Å²) < 4.78 is 28.0. The van der Waals surface area contributed by atoms with E-state index in [2.05, 4.69) is 21.0 Å². The highest BCUT2D eigenvalue weighted by atomic mass is 79.9. The van der Waals surface area contributed by atoms with Crippen molar-refractivity contribution < 1.29 is 8.78 Å². The molecule has 0 aliphatic carbocycles. The molecule has 1 rings (SSSR count). The van der Waals surface area contributed by atoms with E-state index in [9.17, 15) is 8.78 Å². The van der Waals surface area contributed by atoms with Gasteiger partial charge in [0.2, 0.25) is 0 Å². The van der Waals surface area contributed by atoms with Gasteiger partial charge in [-0.2, -0.15) is 13.9 Å². The molecule has 0 bridgehead atoms. The number of nitrogens with two attached hydrogens (primary N) is 1. The molecule has 0 unspecified atom stereocenters. The van der Waals surface area contributed by atoms with Gasteiger partial charge in [0.25, 0.3) is 0 Å². The Labute approximate surface area is 83.0 Å². The molecule has 0 saturated heterocycles. The number of hydrogen-bond donors (Lipinski definition) is 1. The lowest BCUT2D eigenvalue weighted by molar-refractivity contribution is -0.00397. The molecule has 0 amide bonds. The minimum absolute atomic E-state index is 0.155. The zero-order valence-electron chi connectivity index (χ0n) is 7.10. The van der Waals surface area contributed by atoms with E-state index in [0.717, 1.165) is 0 Å². The fourth-order valence-corrected chi connectivity index (χ4v) is 1.65. The van der Waals surface area contributed by atoms with Gasteiger partial charge in [-0.3, -0.25) is 4.68 Å². The normalized spacial score (nSPS) is 12.1. The number of hydrogen-bond acceptors (Lipinski definition) is 2. The van der Waals surface area contributed by atoms with Crippen LogP contribution in [0.4, 0.5) is 8.78 Å².